The lowest BCUT2D eigenvalue weighted by Gasteiger charge is -2.13. The Balaban J connectivity index is 1.63. The number of halogens is 1. The second kappa shape index (κ2) is 7.88. The molecule has 3 aromatic rings. The molecule has 0 spiro atoms. The molecule has 2 N–H and O–H groups in total. The van der Waals surface area contributed by atoms with Crippen LogP contribution in [0, 0.1) is 17.5 Å². The summed E-state index contributed by atoms with van der Waals surface area (Å²) in [7, 11) is 0. The van der Waals surface area contributed by atoms with Crippen LogP contribution in [0.15, 0.2) is 41.2 Å². The molecule has 2 heterocycles. The van der Waals surface area contributed by atoms with E-state index in [4.69, 9.17) is 17.0 Å². The third-order valence-corrected chi connectivity index (χ3v) is 5.41. The van der Waals surface area contributed by atoms with Gasteiger partial charge in [0.05, 0.1) is 23.6 Å². The maximum absolute atomic E-state index is 13.7. The zero-order chi connectivity index (χ0) is 20.5. The summed E-state index contributed by atoms with van der Waals surface area (Å²) in [4.78, 5) is 28.4. The lowest BCUT2D eigenvalue weighted by Crippen LogP contribution is -2.28. The van der Waals surface area contributed by atoms with Crippen molar-refractivity contribution in [2.24, 2.45) is 0 Å². The number of nitrogens with one attached hydrogen (secondary N) is 2. The van der Waals surface area contributed by atoms with Crippen molar-refractivity contribution in [3.05, 3.63) is 68.5 Å². The smallest absolute Gasteiger partial charge is 0.262 e. The van der Waals surface area contributed by atoms with Gasteiger partial charge in [0.15, 0.2) is 4.77 Å². The average Bonchev–Trinajstić information content (AvgIpc) is 3.21. The normalized spacial score (nSPS) is 16.3. The number of anilines is 1. The summed E-state index contributed by atoms with van der Waals surface area (Å²) in [6.07, 6.45) is 1.87. The summed E-state index contributed by atoms with van der Waals surface area (Å²) in [6, 6.07) is 9.23. The van der Waals surface area contributed by atoms with E-state index in [2.05, 4.69) is 10.3 Å². The van der Waals surface area contributed by atoms with Crippen LogP contribution < -0.4 is 10.9 Å². The molecule has 0 bridgehead atoms. The molecular formula is C21H20FN3O3S. The van der Waals surface area contributed by atoms with Crippen molar-refractivity contribution in [2.75, 3.05) is 11.9 Å². The fourth-order valence-corrected chi connectivity index (χ4v) is 3.69. The van der Waals surface area contributed by atoms with E-state index < -0.39 is 11.7 Å². The second-order valence-electron chi connectivity index (χ2n) is 7.16. The van der Waals surface area contributed by atoms with Gasteiger partial charge in [-0.15, -0.1) is 0 Å². The highest BCUT2D eigenvalue weighted by molar-refractivity contribution is 7.71. The molecule has 1 unspecified atom stereocenters. The van der Waals surface area contributed by atoms with Gasteiger partial charge in [0.2, 0.25) is 0 Å². The number of aromatic amines is 1. The first-order chi connectivity index (χ1) is 13.9. The van der Waals surface area contributed by atoms with E-state index in [0.717, 1.165) is 12.8 Å². The van der Waals surface area contributed by atoms with Gasteiger partial charge in [0, 0.05) is 17.9 Å². The van der Waals surface area contributed by atoms with Crippen molar-refractivity contribution in [3.63, 3.8) is 0 Å². The Morgan fingerprint density at radius 1 is 1.34 bits per heavy atom. The summed E-state index contributed by atoms with van der Waals surface area (Å²) >= 11 is 5.35. The van der Waals surface area contributed by atoms with Gasteiger partial charge < -0.3 is 15.0 Å². The molecule has 1 amide bonds. The highest BCUT2D eigenvalue weighted by atomic mass is 32.1. The van der Waals surface area contributed by atoms with Gasteiger partial charge in [0.1, 0.15) is 5.82 Å². The van der Waals surface area contributed by atoms with Crippen LogP contribution in [0.4, 0.5) is 10.1 Å². The van der Waals surface area contributed by atoms with Gasteiger partial charge in [-0.25, -0.2) is 4.39 Å². The lowest BCUT2D eigenvalue weighted by atomic mass is 10.1. The summed E-state index contributed by atoms with van der Waals surface area (Å²) in [5, 5.41) is 3.10. The molecule has 0 saturated carbocycles. The van der Waals surface area contributed by atoms with E-state index in [1.807, 2.05) is 0 Å². The molecular weight excluding hydrogens is 393 g/mol. The van der Waals surface area contributed by atoms with Crippen LogP contribution in [0.3, 0.4) is 0 Å². The Morgan fingerprint density at radius 2 is 2.17 bits per heavy atom. The van der Waals surface area contributed by atoms with Gasteiger partial charge in [0.25, 0.3) is 11.5 Å². The molecule has 1 aliphatic heterocycles. The molecule has 29 heavy (non-hydrogen) atoms. The van der Waals surface area contributed by atoms with Crippen molar-refractivity contribution in [1.29, 1.82) is 0 Å². The Bertz CT molecular complexity index is 1210. The highest BCUT2D eigenvalue weighted by Gasteiger charge is 2.18. The maximum atomic E-state index is 13.7. The largest absolute Gasteiger partial charge is 0.376 e. The van der Waals surface area contributed by atoms with E-state index in [1.165, 1.54) is 10.6 Å². The molecule has 1 aromatic heterocycles. The minimum Gasteiger partial charge on any atom is -0.376 e. The van der Waals surface area contributed by atoms with E-state index in [-0.39, 0.29) is 16.4 Å². The number of carbonyl (C=O) groups is 1. The molecule has 150 valence electrons. The number of nitrogens with zero attached hydrogens (tertiary/aromatic N) is 1. The number of fused-ring (bicyclic) bond motifs is 1. The number of aromatic nitrogens is 2. The predicted octanol–water partition coefficient (Wildman–Crippen LogP) is 3.94. The summed E-state index contributed by atoms with van der Waals surface area (Å²) in [5.41, 5.74) is 1.46. The summed E-state index contributed by atoms with van der Waals surface area (Å²) in [5.74, 6) is -0.796. The van der Waals surface area contributed by atoms with Crippen molar-refractivity contribution in [1.82, 2.24) is 9.55 Å². The topological polar surface area (TPSA) is 76.1 Å². The highest BCUT2D eigenvalue weighted by Crippen LogP contribution is 2.17. The van der Waals surface area contributed by atoms with Gasteiger partial charge in [-0.2, -0.15) is 0 Å². The number of hydrogen-bond donors (Lipinski definition) is 2. The molecule has 0 radical (unpaired) electrons. The van der Waals surface area contributed by atoms with Gasteiger partial charge in [-0.3, -0.25) is 14.2 Å². The number of benzene rings is 2. The van der Waals surface area contributed by atoms with E-state index >= 15 is 0 Å². The fourth-order valence-electron chi connectivity index (χ4n) is 3.43. The van der Waals surface area contributed by atoms with Crippen LogP contribution in [0.1, 0.15) is 28.8 Å². The maximum Gasteiger partial charge on any atom is 0.262 e. The number of carbonyl (C=O) groups excluding carboxylic acids is 1. The Hall–Kier alpha value is -2.84. The van der Waals surface area contributed by atoms with Gasteiger partial charge >= 0.3 is 0 Å². The molecule has 0 aliphatic carbocycles. The van der Waals surface area contributed by atoms with Crippen LogP contribution in [0.25, 0.3) is 10.9 Å². The quantitative estimate of drug-likeness (QED) is 0.636. The number of aryl methyl sites for hydroxylation is 1. The van der Waals surface area contributed by atoms with Crippen molar-refractivity contribution < 1.29 is 13.9 Å². The zero-order valence-corrected chi connectivity index (χ0v) is 16.6. The Morgan fingerprint density at radius 3 is 2.90 bits per heavy atom. The first kappa shape index (κ1) is 19.5. The molecule has 4 rings (SSSR count). The third-order valence-electron chi connectivity index (χ3n) is 5.08. The molecule has 2 aromatic carbocycles. The molecule has 1 atom stereocenters. The van der Waals surface area contributed by atoms with Crippen LogP contribution in [-0.2, 0) is 11.3 Å². The first-order valence-electron chi connectivity index (χ1n) is 9.38. The molecule has 1 saturated heterocycles. The summed E-state index contributed by atoms with van der Waals surface area (Å²) < 4.78 is 21.1. The Labute approximate surface area is 171 Å². The van der Waals surface area contributed by atoms with E-state index in [1.54, 1.807) is 37.3 Å². The zero-order valence-electron chi connectivity index (χ0n) is 15.8. The van der Waals surface area contributed by atoms with Crippen LogP contribution in [-0.4, -0.2) is 28.2 Å². The van der Waals surface area contributed by atoms with Crippen molar-refractivity contribution in [3.8, 4) is 0 Å². The molecule has 6 nitrogen and oxygen atoms in total. The van der Waals surface area contributed by atoms with Crippen LogP contribution in [0.5, 0.6) is 0 Å². The first-order valence-corrected chi connectivity index (χ1v) is 9.79. The van der Waals surface area contributed by atoms with E-state index in [0.29, 0.717) is 40.9 Å². The monoisotopic (exact) mass is 413 g/mol. The number of ether oxygens (including phenoxy) is 1. The molecule has 1 fully saturated rings. The standard InChI is InChI=1S/C21H20FN3O3S/c1-12-4-6-14(10-17(12)22)23-19(26)13-5-7-16-18(9-13)24-21(29)25(20(16)27)11-15-3-2-8-28-15/h4-7,9-10,15H,2-3,8,11H2,1H3,(H,23,26)(H,24,29). The summed E-state index contributed by atoms with van der Waals surface area (Å²) in [6.45, 7) is 2.76. The van der Waals surface area contributed by atoms with E-state index in [9.17, 15) is 14.0 Å². The van der Waals surface area contributed by atoms with Crippen LogP contribution >= 0.6 is 12.2 Å². The van der Waals surface area contributed by atoms with Gasteiger partial charge in [-0.05, 0) is 67.9 Å². The number of amides is 1. The fraction of sp³-hybridized carbons (Fsp3) is 0.286. The van der Waals surface area contributed by atoms with Gasteiger partial charge in [-0.1, -0.05) is 6.07 Å². The predicted molar refractivity (Wildman–Crippen MR) is 111 cm³/mol. The van der Waals surface area contributed by atoms with Crippen molar-refractivity contribution >= 4 is 34.7 Å². The average molecular weight is 413 g/mol. The molecule has 8 heteroatoms. The molecule has 1 aliphatic rings. The minimum absolute atomic E-state index is 0.0137. The SMILES string of the molecule is Cc1ccc(NC(=O)c2ccc3c(=O)n(CC4CCCO4)c(=S)[nH]c3c2)cc1F. The van der Waals surface area contributed by atoms with Crippen LogP contribution in [0.2, 0.25) is 0 Å². The number of H-pyrrole nitrogens is 1. The number of hydrogen-bond acceptors (Lipinski definition) is 4. The lowest BCUT2D eigenvalue weighted by molar-refractivity contribution is 0.0957. The van der Waals surface area contributed by atoms with Crippen molar-refractivity contribution in [2.45, 2.75) is 32.4 Å². The second-order valence-corrected chi connectivity index (χ2v) is 7.55. The Kier molecular flexibility index (Phi) is 5.29. The number of rotatable bonds is 4. The minimum atomic E-state index is -0.405. The third kappa shape index (κ3) is 3.99.